The Kier molecular flexibility index (Phi) is 4.24. The molecule has 0 heterocycles. The van der Waals surface area contributed by atoms with Gasteiger partial charge in [-0.15, -0.1) is 0 Å². The molecule has 0 bridgehead atoms. The summed E-state index contributed by atoms with van der Waals surface area (Å²) in [5.74, 6) is 0.447. The lowest BCUT2D eigenvalue weighted by Gasteiger charge is -2.47. The molecule has 2 aliphatic carbocycles. The molecule has 2 fully saturated rings. The van der Waals surface area contributed by atoms with Gasteiger partial charge in [-0.25, -0.2) is 0 Å². The van der Waals surface area contributed by atoms with Gasteiger partial charge in [0.2, 0.25) is 0 Å². The normalized spacial score (nSPS) is 42.2. The summed E-state index contributed by atoms with van der Waals surface area (Å²) in [6.45, 7) is 8.81. The van der Waals surface area contributed by atoms with Crippen molar-refractivity contribution < 1.29 is 9.90 Å². The van der Waals surface area contributed by atoms with E-state index >= 15 is 0 Å². The second kappa shape index (κ2) is 5.43. The van der Waals surface area contributed by atoms with Crippen LogP contribution in [0.25, 0.3) is 0 Å². The fraction of sp³-hybridized carbons (Fsp3) is 0.938. The van der Waals surface area contributed by atoms with Crippen molar-refractivity contribution in [3.8, 4) is 0 Å². The highest BCUT2D eigenvalue weighted by Gasteiger charge is 2.46. The maximum atomic E-state index is 11.4. The molecule has 3 heteroatoms. The minimum absolute atomic E-state index is 0.119. The fourth-order valence-electron chi connectivity index (χ4n) is 4.13. The maximum absolute atomic E-state index is 11.4. The Morgan fingerprint density at radius 2 is 1.84 bits per heavy atom. The summed E-state index contributed by atoms with van der Waals surface area (Å²) >= 11 is 0. The van der Waals surface area contributed by atoms with E-state index in [9.17, 15) is 9.90 Å². The van der Waals surface area contributed by atoms with Crippen LogP contribution in [0.4, 0.5) is 0 Å². The average molecular weight is 267 g/mol. The number of nitrogens with one attached hydrogen (secondary N) is 1. The minimum Gasteiger partial charge on any atom is -0.481 e. The third-order valence-corrected chi connectivity index (χ3v) is 5.88. The number of rotatable bonds is 3. The van der Waals surface area contributed by atoms with Crippen molar-refractivity contribution in [3.63, 3.8) is 0 Å². The van der Waals surface area contributed by atoms with Crippen LogP contribution in [0.15, 0.2) is 0 Å². The zero-order valence-electron chi connectivity index (χ0n) is 12.8. The van der Waals surface area contributed by atoms with Crippen LogP contribution >= 0.6 is 0 Å². The van der Waals surface area contributed by atoms with E-state index < -0.39 is 5.97 Å². The summed E-state index contributed by atoms with van der Waals surface area (Å²) in [4.78, 5) is 11.4. The first kappa shape index (κ1) is 14.8. The van der Waals surface area contributed by atoms with Crippen LogP contribution in [0.2, 0.25) is 0 Å². The van der Waals surface area contributed by atoms with Gasteiger partial charge in [0.1, 0.15) is 0 Å². The standard InChI is InChI=1S/C16H29NO2/c1-10-5-6-12(9-10)17-14-8-7-13(15(18)19)16(3,4)11(14)2/h10-14,17H,5-9H2,1-4H3,(H,18,19). The van der Waals surface area contributed by atoms with Gasteiger partial charge in [0, 0.05) is 12.1 Å². The van der Waals surface area contributed by atoms with Crippen molar-refractivity contribution in [1.29, 1.82) is 0 Å². The molecule has 0 aromatic heterocycles. The van der Waals surface area contributed by atoms with Crippen LogP contribution in [0, 0.1) is 23.2 Å². The van der Waals surface area contributed by atoms with Crippen LogP contribution in [0.3, 0.4) is 0 Å². The Labute approximate surface area is 117 Å². The maximum Gasteiger partial charge on any atom is 0.307 e. The molecule has 0 amide bonds. The first-order valence-electron chi connectivity index (χ1n) is 7.81. The largest absolute Gasteiger partial charge is 0.481 e. The van der Waals surface area contributed by atoms with Crippen molar-refractivity contribution in [2.24, 2.45) is 23.2 Å². The summed E-state index contributed by atoms with van der Waals surface area (Å²) in [7, 11) is 0. The Hall–Kier alpha value is -0.570. The molecule has 0 aromatic rings. The molecule has 3 nitrogen and oxygen atoms in total. The second-order valence-electron chi connectivity index (χ2n) is 7.47. The number of aliphatic carboxylic acids is 1. The van der Waals surface area contributed by atoms with Gasteiger partial charge in [-0.2, -0.15) is 0 Å². The van der Waals surface area contributed by atoms with Gasteiger partial charge in [-0.3, -0.25) is 4.79 Å². The smallest absolute Gasteiger partial charge is 0.307 e. The lowest BCUT2D eigenvalue weighted by molar-refractivity contribution is -0.150. The molecule has 0 aliphatic heterocycles. The predicted molar refractivity (Wildman–Crippen MR) is 77.0 cm³/mol. The fourth-order valence-corrected chi connectivity index (χ4v) is 4.13. The molecule has 2 aliphatic rings. The van der Waals surface area contributed by atoms with Gasteiger partial charge in [0.15, 0.2) is 0 Å². The van der Waals surface area contributed by atoms with Crippen LogP contribution in [0.1, 0.15) is 59.8 Å². The third kappa shape index (κ3) is 2.96. The van der Waals surface area contributed by atoms with Crippen LogP contribution in [-0.2, 0) is 4.79 Å². The average Bonchev–Trinajstić information content (AvgIpc) is 2.70. The van der Waals surface area contributed by atoms with Crippen molar-refractivity contribution in [2.75, 3.05) is 0 Å². The zero-order chi connectivity index (χ0) is 14.2. The Morgan fingerprint density at radius 1 is 1.16 bits per heavy atom. The Balaban J connectivity index is 1.99. The first-order chi connectivity index (χ1) is 8.82. The molecule has 2 saturated carbocycles. The number of carbonyl (C=O) groups is 1. The first-order valence-corrected chi connectivity index (χ1v) is 7.81. The van der Waals surface area contributed by atoms with E-state index in [0.717, 1.165) is 18.8 Å². The van der Waals surface area contributed by atoms with Crippen molar-refractivity contribution >= 4 is 5.97 Å². The summed E-state index contributed by atoms with van der Waals surface area (Å²) in [6, 6.07) is 1.14. The summed E-state index contributed by atoms with van der Waals surface area (Å²) in [5, 5.41) is 13.2. The Morgan fingerprint density at radius 3 is 2.37 bits per heavy atom. The number of carboxylic acid groups (broad SMARTS) is 1. The van der Waals surface area contributed by atoms with Crippen molar-refractivity contribution in [2.45, 2.75) is 71.9 Å². The second-order valence-corrected chi connectivity index (χ2v) is 7.47. The molecule has 0 saturated heterocycles. The third-order valence-electron chi connectivity index (χ3n) is 5.88. The van der Waals surface area contributed by atoms with Gasteiger partial charge in [-0.1, -0.05) is 27.7 Å². The molecular weight excluding hydrogens is 238 g/mol. The van der Waals surface area contributed by atoms with Gasteiger partial charge in [0.05, 0.1) is 5.92 Å². The predicted octanol–water partition coefficient (Wildman–Crippen LogP) is 3.29. The molecule has 110 valence electrons. The van der Waals surface area contributed by atoms with E-state index in [1.807, 2.05) is 0 Å². The van der Waals surface area contributed by atoms with E-state index in [0.29, 0.717) is 18.0 Å². The van der Waals surface area contributed by atoms with E-state index in [1.54, 1.807) is 0 Å². The van der Waals surface area contributed by atoms with Crippen LogP contribution in [-0.4, -0.2) is 23.2 Å². The highest BCUT2D eigenvalue weighted by molar-refractivity contribution is 5.71. The van der Waals surface area contributed by atoms with Gasteiger partial charge >= 0.3 is 5.97 Å². The van der Waals surface area contributed by atoms with E-state index in [-0.39, 0.29) is 11.3 Å². The van der Waals surface area contributed by atoms with E-state index in [4.69, 9.17) is 0 Å². The quantitative estimate of drug-likeness (QED) is 0.825. The van der Waals surface area contributed by atoms with E-state index in [2.05, 4.69) is 33.0 Å². The molecule has 2 N–H and O–H groups in total. The van der Waals surface area contributed by atoms with Crippen molar-refractivity contribution in [3.05, 3.63) is 0 Å². The molecule has 5 atom stereocenters. The number of hydrogen-bond donors (Lipinski definition) is 2. The van der Waals surface area contributed by atoms with Crippen LogP contribution in [0.5, 0.6) is 0 Å². The summed E-state index contributed by atoms with van der Waals surface area (Å²) < 4.78 is 0. The molecule has 5 unspecified atom stereocenters. The van der Waals surface area contributed by atoms with Gasteiger partial charge < -0.3 is 10.4 Å². The highest BCUT2D eigenvalue weighted by atomic mass is 16.4. The lowest BCUT2D eigenvalue weighted by atomic mass is 9.61. The number of carboxylic acids is 1. The monoisotopic (exact) mass is 267 g/mol. The molecule has 0 aromatic carbocycles. The van der Waals surface area contributed by atoms with Crippen LogP contribution < -0.4 is 5.32 Å². The molecule has 2 rings (SSSR count). The molecule has 19 heavy (non-hydrogen) atoms. The van der Waals surface area contributed by atoms with Gasteiger partial charge in [0.25, 0.3) is 0 Å². The van der Waals surface area contributed by atoms with Crippen molar-refractivity contribution in [1.82, 2.24) is 5.32 Å². The minimum atomic E-state index is -0.621. The molecular formula is C16H29NO2. The van der Waals surface area contributed by atoms with Gasteiger partial charge in [-0.05, 0) is 49.4 Å². The molecule has 0 spiro atoms. The topological polar surface area (TPSA) is 49.3 Å². The Bertz CT molecular complexity index is 340. The zero-order valence-corrected chi connectivity index (χ0v) is 12.8. The highest BCUT2D eigenvalue weighted by Crippen LogP contribution is 2.45. The van der Waals surface area contributed by atoms with E-state index in [1.165, 1.54) is 19.3 Å². The number of hydrogen-bond acceptors (Lipinski definition) is 2. The summed E-state index contributed by atoms with van der Waals surface area (Å²) in [5.41, 5.74) is -0.119. The molecule has 0 radical (unpaired) electrons. The lowest BCUT2D eigenvalue weighted by Crippen LogP contribution is -2.53. The summed E-state index contributed by atoms with van der Waals surface area (Å²) in [6.07, 6.45) is 5.72. The SMILES string of the molecule is CC1CCC(NC2CCC(C(=O)O)C(C)(C)C2C)C1.